The van der Waals surface area contributed by atoms with Crippen LogP contribution in [0, 0.1) is 5.92 Å². The number of likely N-dealkylation sites (N-methyl/N-ethyl adjacent to an activating group) is 1. The van der Waals surface area contributed by atoms with Crippen molar-refractivity contribution in [2.75, 3.05) is 39.4 Å². The van der Waals surface area contributed by atoms with Crippen molar-refractivity contribution in [1.29, 1.82) is 0 Å². The van der Waals surface area contributed by atoms with Crippen molar-refractivity contribution in [3.8, 4) is 0 Å². The quantitative estimate of drug-likeness (QED) is 0.715. The molecule has 1 aliphatic heterocycles. The number of hydrogen-bond donors (Lipinski definition) is 1. The van der Waals surface area contributed by atoms with Crippen LogP contribution in [-0.4, -0.2) is 50.3 Å². The maximum absolute atomic E-state index is 5.51. The molecule has 1 fully saturated rings. The van der Waals surface area contributed by atoms with Crippen LogP contribution in [0.3, 0.4) is 0 Å². The van der Waals surface area contributed by atoms with Crippen molar-refractivity contribution in [2.24, 2.45) is 5.92 Å². The van der Waals surface area contributed by atoms with E-state index in [1.165, 1.54) is 6.54 Å². The molecule has 1 atom stereocenters. The normalized spacial score (nSPS) is 24.4. The average Bonchev–Trinajstić information content (AvgIpc) is 2.16. The molecular weight excluding hydrogens is 176 g/mol. The molecule has 0 radical (unpaired) electrons. The third-order valence-corrected chi connectivity index (χ3v) is 2.58. The number of nitrogens with zero attached hydrogens (tertiary/aromatic N) is 1. The Labute approximate surface area is 87.8 Å². The lowest BCUT2D eigenvalue weighted by Crippen LogP contribution is -2.51. The summed E-state index contributed by atoms with van der Waals surface area (Å²) in [5.74, 6) is 0.747. The second-order valence-electron chi connectivity index (χ2n) is 4.43. The van der Waals surface area contributed by atoms with Gasteiger partial charge in [0.1, 0.15) is 0 Å². The molecule has 84 valence electrons. The summed E-state index contributed by atoms with van der Waals surface area (Å²) in [5.41, 5.74) is 0. The van der Waals surface area contributed by atoms with Gasteiger partial charge in [-0.15, -0.1) is 0 Å². The molecule has 0 aliphatic carbocycles. The smallest absolute Gasteiger partial charge is 0.0634 e. The highest BCUT2D eigenvalue weighted by molar-refractivity contribution is 4.77. The first-order valence-corrected chi connectivity index (χ1v) is 5.76. The molecule has 1 saturated heterocycles. The highest BCUT2D eigenvalue weighted by Crippen LogP contribution is 2.09. The van der Waals surface area contributed by atoms with Crippen molar-refractivity contribution in [1.82, 2.24) is 10.2 Å². The minimum atomic E-state index is 0.575. The zero-order valence-electron chi connectivity index (χ0n) is 9.75. The fraction of sp³-hybridized carbons (Fsp3) is 1.00. The maximum Gasteiger partial charge on any atom is 0.0634 e. The number of rotatable bonds is 5. The summed E-state index contributed by atoms with van der Waals surface area (Å²) in [6.45, 7) is 12.9. The molecule has 1 rings (SSSR count). The van der Waals surface area contributed by atoms with Crippen LogP contribution < -0.4 is 5.32 Å². The average molecular weight is 200 g/mol. The first-order chi connectivity index (χ1) is 6.74. The van der Waals surface area contributed by atoms with Gasteiger partial charge >= 0.3 is 0 Å². The summed E-state index contributed by atoms with van der Waals surface area (Å²) >= 11 is 0. The molecule has 1 N–H and O–H groups in total. The van der Waals surface area contributed by atoms with Crippen LogP contribution in [0.25, 0.3) is 0 Å². The Bertz CT molecular complexity index is 150. The van der Waals surface area contributed by atoms with Crippen LogP contribution in [0.2, 0.25) is 0 Å². The lowest BCUT2D eigenvalue weighted by molar-refractivity contribution is -0.0114. The van der Waals surface area contributed by atoms with E-state index in [1.54, 1.807) is 0 Å². The Hall–Kier alpha value is -0.120. The van der Waals surface area contributed by atoms with E-state index in [0.717, 1.165) is 38.8 Å². The predicted octanol–water partition coefficient (Wildman–Crippen LogP) is 0.953. The Morgan fingerprint density at radius 1 is 1.50 bits per heavy atom. The van der Waals surface area contributed by atoms with Gasteiger partial charge in [-0.05, 0) is 12.5 Å². The van der Waals surface area contributed by atoms with Gasteiger partial charge in [-0.1, -0.05) is 20.8 Å². The number of nitrogens with one attached hydrogen (secondary N) is 1. The summed E-state index contributed by atoms with van der Waals surface area (Å²) in [5, 5.41) is 3.40. The van der Waals surface area contributed by atoms with Crippen LogP contribution in [0.15, 0.2) is 0 Å². The molecule has 3 nitrogen and oxygen atoms in total. The summed E-state index contributed by atoms with van der Waals surface area (Å²) in [6.07, 6.45) is 0. The molecule has 0 aromatic carbocycles. The van der Waals surface area contributed by atoms with Gasteiger partial charge in [0.25, 0.3) is 0 Å². The second kappa shape index (κ2) is 6.38. The van der Waals surface area contributed by atoms with Crippen LogP contribution >= 0.6 is 0 Å². The third-order valence-electron chi connectivity index (χ3n) is 2.58. The Morgan fingerprint density at radius 2 is 2.29 bits per heavy atom. The highest BCUT2D eigenvalue weighted by atomic mass is 16.5. The first-order valence-electron chi connectivity index (χ1n) is 5.76. The van der Waals surface area contributed by atoms with Crippen molar-refractivity contribution >= 4 is 0 Å². The van der Waals surface area contributed by atoms with Crippen molar-refractivity contribution in [3.63, 3.8) is 0 Å². The van der Waals surface area contributed by atoms with E-state index in [1.807, 2.05) is 0 Å². The van der Waals surface area contributed by atoms with Gasteiger partial charge in [-0.25, -0.2) is 0 Å². The zero-order valence-corrected chi connectivity index (χ0v) is 9.75. The number of hydrogen-bond acceptors (Lipinski definition) is 3. The molecule has 1 aliphatic rings. The summed E-state index contributed by atoms with van der Waals surface area (Å²) in [4.78, 5) is 2.55. The molecular formula is C11H24N2O. The molecule has 0 aromatic rings. The van der Waals surface area contributed by atoms with E-state index in [0.29, 0.717) is 6.04 Å². The minimum absolute atomic E-state index is 0.575. The second-order valence-corrected chi connectivity index (χ2v) is 4.43. The van der Waals surface area contributed by atoms with E-state index in [9.17, 15) is 0 Å². The Balaban J connectivity index is 2.33. The van der Waals surface area contributed by atoms with Gasteiger partial charge in [0.2, 0.25) is 0 Å². The van der Waals surface area contributed by atoms with Gasteiger partial charge in [0.15, 0.2) is 0 Å². The summed E-state index contributed by atoms with van der Waals surface area (Å²) < 4.78 is 5.51. The molecule has 0 bridgehead atoms. The Morgan fingerprint density at radius 3 is 2.93 bits per heavy atom. The number of morpholine rings is 1. The van der Waals surface area contributed by atoms with E-state index in [4.69, 9.17) is 4.74 Å². The Kier molecular flexibility index (Phi) is 5.45. The van der Waals surface area contributed by atoms with Crippen molar-refractivity contribution < 1.29 is 4.74 Å². The SMILES string of the molecule is CCNCC1COCCN1CC(C)C. The molecule has 14 heavy (non-hydrogen) atoms. The van der Waals surface area contributed by atoms with Crippen LogP contribution in [-0.2, 0) is 4.74 Å². The van der Waals surface area contributed by atoms with Crippen LogP contribution in [0.5, 0.6) is 0 Å². The van der Waals surface area contributed by atoms with Gasteiger partial charge in [-0.2, -0.15) is 0 Å². The molecule has 3 heteroatoms. The van der Waals surface area contributed by atoms with Crippen LogP contribution in [0.1, 0.15) is 20.8 Å². The van der Waals surface area contributed by atoms with Crippen molar-refractivity contribution in [3.05, 3.63) is 0 Å². The number of ether oxygens (including phenoxy) is 1. The van der Waals surface area contributed by atoms with Crippen LogP contribution in [0.4, 0.5) is 0 Å². The van der Waals surface area contributed by atoms with Gasteiger partial charge < -0.3 is 10.1 Å². The molecule has 0 spiro atoms. The van der Waals surface area contributed by atoms with E-state index >= 15 is 0 Å². The van der Waals surface area contributed by atoms with Gasteiger partial charge in [0, 0.05) is 25.7 Å². The summed E-state index contributed by atoms with van der Waals surface area (Å²) in [7, 11) is 0. The molecule has 1 heterocycles. The van der Waals surface area contributed by atoms with E-state index < -0.39 is 0 Å². The van der Waals surface area contributed by atoms with E-state index in [2.05, 4.69) is 31.0 Å². The third kappa shape index (κ3) is 3.95. The van der Waals surface area contributed by atoms with Gasteiger partial charge in [0.05, 0.1) is 13.2 Å². The van der Waals surface area contributed by atoms with Gasteiger partial charge in [-0.3, -0.25) is 4.90 Å². The minimum Gasteiger partial charge on any atom is -0.378 e. The lowest BCUT2D eigenvalue weighted by Gasteiger charge is -2.36. The topological polar surface area (TPSA) is 24.5 Å². The lowest BCUT2D eigenvalue weighted by atomic mass is 10.1. The summed E-state index contributed by atoms with van der Waals surface area (Å²) in [6, 6.07) is 0.575. The predicted molar refractivity (Wildman–Crippen MR) is 59.6 cm³/mol. The standard InChI is InChI=1S/C11H24N2O/c1-4-12-7-11-9-14-6-5-13(11)8-10(2)3/h10-12H,4-9H2,1-3H3. The molecule has 0 saturated carbocycles. The zero-order chi connectivity index (χ0) is 10.4. The maximum atomic E-state index is 5.51. The fourth-order valence-corrected chi connectivity index (χ4v) is 1.90. The molecule has 0 amide bonds. The molecule has 0 aromatic heterocycles. The largest absolute Gasteiger partial charge is 0.378 e. The van der Waals surface area contributed by atoms with Crippen molar-refractivity contribution in [2.45, 2.75) is 26.8 Å². The van der Waals surface area contributed by atoms with E-state index in [-0.39, 0.29) is 0 Å². The first kappa shape index (κ1) is 12.0. The molecule has 1 unspecified atom stereocenters. The fourth-order valence-electron chi connectivity index (χ4n) is 1.90. The highest BCUT2D eigenvalue weighted by Gasteiger charge is 2.22. The monoisotopic (exact) mass is 200 g/mol.